The number of amides is 1. The first-order valence-corrected chi connectivity index (χ1v) is 15.9. The summed E-state index contributed by atoms with van der Waals surface area (Å²) in [5, 5.41) is 12.7. The van der Waals surface area contributed by atoms with E-state index in [1.165, 1.54) is 19.3 Å². The molecular formula is C36H37N5O3. The number of imidazole rings is 1. The summed E-state index contributed by atoms with van der Waals surface area (Å²) in [5.41, 5.74) is 6.57. The van der Waals surface area contributed by atoms with Crippen molar-refractivity contribution in [1.82, 2.24) is 24.8 Å². The number of hydrogen-bond donors (Lipinski definition) is 2. The molecule has 2 fully saturated rings. The zero-order valence-corrected chi connectivity index (χ0v) is 24.8. The zero-order valence-electron chi connectivity index (χ0n) is 24.8. The summed E-state index contributed by atoms with van der Waals surface area (Å²) < 4.78 is 2.34. The molecule has 44 heavy (non-hydrogen) atoms. The molecule has 0 spiro atoms. The van der Waals surface area contributed by atoms with E-state index in [0.717, 1.165) is 89.7 Å². The number of aromatic nitrogens is 4. The molecule has 2 aliphatic rings. The summed E-state index contributed by atoms with van der Waals surface area (Å²) in [4.78, 5) is 40.2. The van der Waals surface area contributed by atoms with Crippen LogP contribution in [0.2, 0.25) is 0 Å². The molecule has 2 aliphatic carbocycles. The van der Waals surface area contributed by atoms with Gasteiger partial charge in [0.25, 0.3) is 5.91 Å². The first-order valence-electron chi connectivity index (χ1n) is 15.9. The lowest BCUT2D eigenvalue weighted by molar-refractivity contribution is -0.141. The van der Waals surface area contributed by atoms with Gasteiger partial charge in [-0.15, -0.1) is 0 Å². The lowest BCUT2D eigenvalue weighted by Crippen LogP contribution is -2.46. The third kappa shape index (κ3) is 5.56. The van der Waals surface area contributed by atoms with Crippen LogP contribution in [0.15, 0.2) is 72.9 Å². The van der Waals surface area contributed by atoms with Crippen molar-refractivity contribution in [3.63, 3.8) is 0 Å². The van der Waals surface area contributed by atoms with Gasteiger partial charge in [-0.05, 0) is 68.0 Å². The molecule has 2 aromatic heterocycles. The Morgan fingerprint density at radius 1 is 0.773 bits per heavy atom. The Morgan fingerprint density at radius 3 is 2.27 bits per heavy atom. The van der Waals surface area contributed by atoms with Crippen molar-refractivity contribution in [2.75, 3.05) is 0 Å². The van der Waals surface area contributed by atoms with E-state index in [-0.39, 0.29) is 11.8 Å². The number of fused-ring (bicyclic) bond motifs is 2. The number of rotatable bonds is 7. The monoisotopic (exact) mass is 587 g/mol. The highest BCUT2D eigenvalue weighted by molar-refractivity contribution is 5.99. The second kappa shape index (κ2) is 12.2. The third-order valence-electron chi connectivity index (χ3n) is 9.44. The van der Waals surface area contributed by atoms with E-state index < -0.39 is 12.0 Å². The van der Waals surface area contributed by atoms with Crippen LogP contribution in [-0.2, 0) is 4.79 Å². The number of carbonyl (C=O) groups is 2. The fourth-order valence-corrected chi connectivity index (χ4v) is 7.12. The standard InChI is InChI=1S/C36H37N5O3/c42-35(40-33(36(43)44)24-12-6-2-7-13-24)26-17-19-32-30(21-26)39-34(41(32)27-14-8-3-9-15-27)25-16-18-28-29(20-25)37-22-31(38-28)23-10-4-1-5-11-23/h1,4-5,10-11,16-22,24,27,33H,2-3,6-9,12-15H2,(H,40,42)(H,43,44). The Morgan fingerprint density at radius 2 is 1.52 bits per heavy atom. The molecule has 0 bridgehead atoms. The number of benzene rings is 3. The van der Waals surface area contributed by atoms with Crippen LogP contribution in [0, 0.1) is 5.92 Å². The Bertz CT molecular complexity index is 1820. The molecule has 2 N–H and O–H groups in total. The van der Waals surface area contributed by atoms with Crippen molar-refractivity contribution in [3.8, 4) is 22.6 Å². The first-order chi connectivity index (χ1) is 21.5. The number of carboxylic acid groups (broad SMARTS) is 1. The molecule has 5 aromatic rings. The maximum absolute atomic E-state index is 13.4. The van der Waals surface area contributed by atoms with Gasteiger partial charge in [0, 0.05) is 22.7 Å². The quantitative estimate of drug-likeness (QED) is 0.203. The molecular weight excluding hydrogens is 550 g/mol. The van der Waals surface area contributed by atoms with E-state index in [1.54, 1.807) is 12.1 Å². The topological polar surface area (TPSA) is 110 Å². The van der Waals surface area contributed by atoms with E-state index in [0.29, 0.717) is 11.6 Å². The van der Waals surface area contributed by atoms with Gasteiger partial charge in [-0.25, -0.2) is 14.8 Å². The van der Waals surface area contributed by atoms with Gasteiger partial charge in [-0.1, -0.05) is 68.9 Å². The van der Waals surface area contributed by atoms with Crippen molar-refractivity contribution in [2.24, 2.45) is 5.92 Å². The maximum Gasteiger partial charge on any atom is 0.326 e. The van der Waals surface area contributed by atoms with Gasteiger partial charge in [0.05, 0.1) is 34.0 Å². The van der Waals surface area contributed by atoms with Crippen molar-refractivity contribution in [2.45, 2.75) is 76.3 Å². The minimum Gasteiger partial charge on any atom is -0.480 e. The third-order valence-corrected chi connectivity index (χ3v) is 9.44. The molecule has 8 heteroatoms. The van der Waals surface area contributed by atoms with Gasteiger partial charge in [-0.3, -0.25) is 9.78 Å². The molecule has 3 aromatic carbocycles. The Kier molecular flexibility index (Phi) is 7.81. The first kappa shape index (κ1) is 28.2. The summed E-state index contributed by atoms with van der Waals surface area (Å²) in [7, 11) is 0. The van der Waals surface area contributed by atoms with Crippen LogP contribution < -0.4 is 5.32 Å². The lowest BCUT2D eigenvalue weighted by atomic mass is 9.84. The average Bonchev–Trinajstić information content (AvgIpc) is 3.46. The van der Waals surface area contributed by atoms with Crippen molar-refractivity contribution < 1.29 is 14.7 Å². The van der Waals surface area contributed by atoms with E-state index >= 15 is 0 Å². The highest BCUT2D eigenvalue weighted by Crippen LogP contribution is 2.37. The number of carbonyl (C=O) groups excluding carboxylic acids is 1. The lowest BCUT2D eigenvalue weighted by Gasteiger charge is -2.28. The summed E-state index contributed by atoms with van der Waals surface area (Å²) in [6.45, 7) is 0. The van der Waals surface area contributed by atoms with Gasteiger partial charge in [-0.2, -0.15) is 0 Å². The predicted octanol–water partition coefficient (Wildman–Crippen LogP) is 7.58. The molecule has 1 atom stereocenters. The van der Waals surface area contributed by atoms with Crippen LogP contribution in [0.3, 0.4) is 0 Å². The molecule has 1 unspecified atom stereocenters. The van der Waals surface area contributed by atoms with Gasteiger partial charge in [0.15, 0.2) is 0 Å². The zero-order chi connectivity index (χ0) is 30.0. The number of nitrogens with zero attached hydrogens (tertiary/aromatic N) is 4. The predicted molar refractivity (Wildman–Crippen MR) is 171 cm³/mol. The number of aliphatic carboxylic acids is 1. The summed E-state index contributed by atoms with van der Waals surface area (Å²) in [6.07, 6.45) is 12.4. The van der Waals surface area contributed by atoms with Crippen LogP contribution >= 0.6 is 0 Å². The minimum absolute atomic E-state index is 0.0363. The van der Waals surface area contributed by atoms with Gasteiger partial charge >= 0.3 is 5.97 Å². The van der Waals surface area contributed by atoms with Crippen LogP contribution in [-0.4, -0.2) is 42.5 Å². The second-order valence-corrected chi connectivity index (χ2v) is 12.3. The number of hydrogen-bond acceptors (Lipinski definition) is 5. The van der Waals surface area contributed by atoms with Crippen molar-refractivity contribution in [1.29, 1.82) is 0 Å². The summed E-state index contributed by atoms with van der Waals surface area (Å²) in [6, 6.07) is 21.2. The van der Waals surface area contributed by atoms with Gasteiger partial charge in [0.2, 0.25) is 0 Å². The van der Waals surface area contributed by atoms with Crippen LogP contribution in [0.4, 0.5) is 0 Å². The van der Waals surface area contributed by atoms with E-state index in [4.69, 9.17) is 15.0 Å². The normalized spacial score (nSPS) is 17.1. The molecule has 8 nitrogen and oxygen atoms in total. The van der Waals surface area contributed by atoms with Gasteiger partial charge < -0.3 is 15.0 Å². The van der Waals surface area contributed by atoms with Gasteiger partial charge in [0.1, 0.15) is 11.9 Å². The number of carboxylic acids is 1. The van der Waals surface area contributed by atoms with Crippen LogP contribution in [0.5, 0.6) is 0 Å². The average molecular weight is 588 g/mol. The Hall–Kier alpha value is -4.59. The smallest absolute Gasteiger partial charge is 0.326 e. The SMILES string of the molecule is O=C(NC(C(=O)O)C1CCCCC1)c1ccc2c(c1)nc(-c1ccc3nc(-c4ccccc4)cnc3c1)n2C1CCCCC1. The Labute approximate surface area is 256 Å². The largest absolute Gasteiger partial charge is 0.480 e. The van der Waals surface area contributed by atoms with E-state index in [9.17, 15) is 14.7 Å². The molecule has 2 heterocycles. The highest BCUT2D eigenvalue weighted by atomic mass is 16.4. The molecule has 1 amide bonds. The molecule has 7 rings (SSSR count). The summed E-state index contributed by atoms with van der Waals surface area (Å²) in [5.74, 6) is -0.518. The molecule has 2 saturated carbocycles. The van der Waals surface area contributed by atoms with Crippen LogP contribution in [0.1, 0.15) is 80.6 Å². The van der Waals surface area contributed by atoms with Crippen molar-refractivity contribution in [3.05, 3.63) is 78.5 Å². The summed E-state index contributed by atoms with van der Waals surface area (Å²) >= 11 is 0. The fraction of sp³-hybridized carbons (Fsp3) is 0.361. The molecule has 0 radical (unpaired) electrons. The molecule has 0 aliphatic heterocycles. The van der Waals surface area contributed by atoms with Crippen LogP contribution in [0.25, 0.3) is 44.7 Å². The fourth-order valence-electron chi connectivity index (χ4n) is 7.12. The van der Waals surface area contributed by atoms with Crippen molar-refractivity contribution >= 4 is 33.9 Å². The molecule has 224 valence electrons. The second-order valence-electron chi connectivity index (χ2n) is 12.3. The molecule has 0 saturated heterocycles. The van der Waals surface area contributed by atoms with E-state index in [2.05, 4.69) is 16.0 Å². The number of nitrogens with one attached hydrogen (secondary N) is 1. The minimum atomic E-state index is -0.967. The van der Waals surface area contributed by atoms with E-state index in [1.807, 2.05) is 54.7 Å². The highest BCUT2D eigenvalue weighted by Gasteiger charge is 2.31. The maximum atomic E-state index is 13.4. The Balaban J connectivity index is 1.24.